The third-order valence-electron chi connectivity index (χ3n) is 5.28. The molecule has 3 heterocycles. The molecule has 6 nitrogen and oxygen atoms in total. The fourth-order valence-electron chi connectivity index (χ4n) is 3.70. The number of hydrogen-bond acceptors (Lipinski definition) is 6. The SMILES string of the molecule is O=C(Nc1nc2c(c(NCc3ccccc3)n1)OCCCC2)c1cccc2cscc12. The Balaban J connectivity index is 1.44. The molecule has 0 aliphatic carbocycles. The molecule has 0 fully saturated rings. The number of amides is 1. The van der Waals surface area contributed by atoms with E-state index >= 15 is 0 Å². The van der Waals surface area contributed by atoms with Crippen LogP contribution in [0.1, 0.15) is 34.5 Å². The van der Waals surface area contributed by atoms with Gasteiger partial charge < -0.3 is 10.1 Å². The van der Waals surface area contributed by atoms with E-state index in [0.717, 1.165) is 41.3 Å². The summed E-state index contributed by atoms with van der Waals surface area (Å²) in [5.74, 6) is 1.37. The molecule has 5 rings (SSSR count). The van der Waals surface area contributed by atoms with E-state index in [1.54, 1.807) is 11.3 Å². The van der Waals surface area contributed by atoms with Crippen molar-refractivity contribution >= 4 is 39.8 Å². The summed E-state index contributed by atoms with van der Waals surface area (Å²) in [5.41, 5.74) is 2.58. The van der Waals surface area contributed by atoms with Crippen molar-refractivity contribution in [1.82, 2.24) is 9.97 Å². The molecule has 0 unspecified atom stereocenters. The third-order valence-corrected chi connectivity index (χ3v) is 6.05. The summed E-state index contributed by atoms with van der Waals surface area (Å²) in [6.45, 7) is 1.25. The number of hydrogen-bond donors (Lipinski definition) is 2. The van der Waals surface area contributed by atoms with Crippen molar-refractivity contribution in [2.45, 2.75) is 25.8 Å². The monoisotopic (exact) mass is 430 g/mol. The third kappa shape index (κ3) is 4.22. The summed E-state index contributed by atoms with van der Waals surface area (Å²) in [6.07, 6.45) is 2.75. The van der Waals surface area contributed by atoms with Crippen LogP contribution in [-0.4, -0.2) is 22.5 Å². The molecular formula is C24H22N4O2S. The molecule has 2 N–H and O–H groups in total. The van der Waals surface area contributed by atoms with Crippen LogP contribution in [0.4, 0.5) is 11.8 Å². The van der Waals surface area contributed by atoms with E-state index in [2.05, 4.69) is 32.7 Å². The first-order valence-corrected chi connectivity index (χ1v) is 11.3. The van der Waals surface area contributed by atoms with Gasteiger partial charge in [0.1, 0.15) is 0 Å². The van der Waals surface area contributed by atoms with Crippen molar-refractivity contribution in [3.63, 3.8) is 0 Å². The molecule has 0 saturated carbocycles. The normalized spacial score (nSPS) is 13.2. The summed E-state index contributed by atoms with van der Waals surface area (Å²) in [5, 5.41) is 12.3. The van der Waals surface area contributed by atoms with E-state index in [-0.39, 0.29) is 11.9 Å². The molecule has 156 valence electrons. The van der Waals surface area contributed by atoms with Gasteiger partial charge in [0, 0.05) is 17.5 Å². The number of aromatic nitrogens is 2. The molecular weight excluding hydrogens is 408 g/mol. The van der Waals surface area contributed by atoms with Crippen LogP contribution in [0, 0.1) is 0 Å². The zero-order chi connectivity index (χ0) is 21.0. The lowest BCUT2D eigenvalue weighted by atomic mass is 10.1. The van der Waals surface area contributed by atoms with Crippen molar-refractivity contribution in [3.8, 4) is 5.75 Å². The van der Waals surface area contributed by atoms with Crippen LogP contribution in [0.5, 0.6) is 5.75 Å². The van der Waals surface area contributed by atoms with Crippen molar-refractivity contribution in [1.29, 1.82) is 0 Å². The number of carbonyl (C=O) groups excluding carboxylic acids is 1. The molecule has 7 heteroatoms. The van der Waals surface area contributed by atoms with Gasteiger partial charge in [-0.3, -0.25) is 10.1 Å². The van der Waals surface area contributed by atoms with Crippen LogP contribution in [0.15, 0.2) is 59.3 Å². The molecule has 1 aliphatic heterocycles. The van der Waals surface area contributed by atoms with Gasteiger partial charge >= 0.3 is 0 Å². The second-order valence-corrected chi connectivity index (χ2v) is 8.19. The number of anilines is 2. The number of thiophene rings is 1. The van der Waals surface area contributed by atoms with Crippen molar-refractivity contribution < 1.29 is 9.53 Å². The molecule has 4 aromatic rings. The van der Waals surface area contributed by atoms with Gasteiger partial charge in [-0.2, -0.15) is 16.3 Å². The number of benzene rings is 2. The highest BCUT2D eigenvalue weighted by Crippen LogP contribution is 2.32. The molecule has 0 saturated heterocycles. The number of aryl methyl sites for hydroxylation is 1. The molecule has 1 amide bonds. The summed E-state index contributed by atoms with van der Waals surface area (Å²) >= 11 is 1.58. The average Bonchev–Trinajstić information content (AvgIpc) is 3.16. The van der Waals surface area contributed by atoms with Gasteiger partial charge in [-0.25, -0.2) is 4.98 Å². The molecule has 2 aromatic carbocycles. The molecule has 2 aromatic heterocycles. The van der Waals surface area contributed by atoms with Crippen LogP contribution >= 0.6 is 11.3 Å². The van der Waals surface area contributed by atoms with Gasteiger partial charge in [-0.05, 0) is 47.0 Å². The lowest BCUT2D eigenvalue weighted by molar-refractivity contribution is 0.102. The molecule has 0 bridgehead atoms. The highest BCUT2D eigenvalue weighted by atomic mass is 32.1. The first-order valence-electron chi connectivity index (χ1n) is 10.4. The van der Waals surface area contributed by atoms with Gasteiger partial charge in [0.25, 0.3) is 5.91 Å². The van der Waals surface area contributed by atoms with E-state index < -0.39 is 0 Å². The quantitative estimate of drug-likeness (QED) is 0.451. The second-order valence-electron chi connectivity index (χ2n) is 7.45. The van der Waals surface area contributed by atoms with Crippen LogP contribution in [0.3, 0.4) is 0 Å². The van der Waals surface area contributed by atoms with Crippen LogP contribution in [0.25, 0.3) is 10.8 Å². The fourth-order valence-corrected chi connectivity index (χ4v) is 4.52. The predicted octanol–water partition coefficient (Wildman–Crippen LogP) is 5.27. The molecule has 31 heavy (non-hydrogen) atoms. The zero-order valence-corrected chi connectivity index (χ0v) is 17.7. The minimum Gasteiger partial charge on any atom is -0.488 e. The number of nitrogens with one attached hydrogen (secondary N) is 2. The van der Waals surface area contributed by atoms with Crippen LogP contribution < -0.4 is 15.4 Å². The maximum atomic E-state index is 13.0. The fraction of sp³-hybridized carbons (Fsp3) is 0.208. The predicted molar refractivity (Wildman–Crippen MR) is 124 cm³/mol. The summed E-state index contributed by atoms with van der Waals surface area (Å²) in [7, 11) is 0. The Morgan fingerprint density at radius 2 is 1.94 bits per heavy atom. The van der Waals surface area contributed by atoms with E-state index in [1.165, 1.54) is 0 Å². The Morgan fingerprint density at radius 1 is 1.03 bits per heavy atom. The summed E-state index contributed by atoms with van der Waals surface area (Å²) in [6, 6.07) is 15.8. The molecule has 0 radical (unpaired) electrons. The van der Waals surface area contributed by atoms with Gasteiger partial charge in [0.15, 0.2) is 11.6 Å². The minimum absolute atomic E-state index is 0.215. The van der Waals surface area contributed by atoms with Crippen LogP contribution in [-0.2, 0) is 13.0 Å². The van der Waals surface area contributed by atoms with Crippen molar-refractivity contribution in [2.75, 3.05) is 17.2 Å². The minimum atomic E-state index is -0.215. The number of fused-ring (bicyclic) bond motifs is 2. The smallest absolute Gasteiger partial charge is 0.258 e. The largest absolute Gasteiger partial charge is 0.488 e. The number of carbonyl (C=O) groups is 1. The van der Waals surface area contributed by atoms with Gasteiger partial charge in [-0.1, -0.05) is 42.5 Å². The average molecular weight is 431 g/mol. The molecule has 0 atom stereocenters. The summed E-state index contributed by atoms with van der Waals surface area (Å²) < 4.78 is 5.96. The number of ether oxygens (including phenoxy) is 1. The molecule has 0 spiro atoms. The number of nitrogens with zero attached hydrogens (tertiary/aromatic N) is 2. The Bertz CT molecular complexity index is 1220. The zero-order valence-electron chi connectivity index (χ0n) is 16.9. The first kappa shape index (κ1) is 19.5. The number of rotatable bonds is 5. The Morgan fingerprint density at radius 3 is 2.84 bits per heavy atom. The Hall–Kier alpha value is -3.45. The van der Waals surface area contributed by atoms with E-state index in [1.807, 2.05) is 47.2 Å². The second kappa shape index (κ2) is 8.73. The Kier molecular flexibility index (Phi) is 5.50. The maximum Gasteiger partial charge on any atom is 0.258 e. The summed E-state index contributed by atoms with van der Waals surface area (Å²) in [4.78, 5) is 22.2. The Labute approximate surface area is 184 Å². The first-order chi connectivity index (χ1) is 15.3. The van der Waals surface area contributed by atoms with Crippen LogP contribution in [0.2, 0.25) is 0 Å². The van der Waals surface area contributed by atoms with Gasteiger partial charge in [0.2, 0.25) is 5.95 Å². The lowest BCUT2D eigenvalue weighted by Crippen LogP contribution is -2.17. The lowest BCUT2D eigenvalue weighted by Gasteiger charge is -2.15. The standard InChI is InChI=1S/C24H22N4O2S/c29-23(18-10-6-9-17-14-31-15-19(17)18)28-24-26-20-11-4-5-12-30-21(20)22(27-24)25-13-16-7-2-1-3-8-16/h1-3,6-10,14-15H,4-5,11-13H2,(H2,25,26,27,28,29). The molecule has 1 aliphatic rings. The topological polar surface area (TPSA) is 76.1 Å². The van der Waals surface area contributed by atoms with Crippen molar-refractivity contribution in [2.24, 2.45) is 0 Å². The highest BCUT2D eigenvalue weighted by Gasteiger charge is 2.20. The van der Waals surface area contributed by atoms with E-state index in [4.69, 9.17) is 4.74 Å². The van der Waals surface area contributed by atoms with E-state index in [0.29, 0.717) is 30.3 Å². The van der Waals surface area contributed by atoms with E-state index in [9.17, 15) is 4.79 Å². The van der Waals surface area contributed by atoms with Crippen molar-refractivity contribution in [3.05, 3.63) is 76.1 Å². The van der Waals surface area contributed by atoms with Gasteiger partial charge in [0.05, 0.1) is 12.3 Å². The maximum absolute atomic E-state index is 13.0. The highest BCUT2D eigenvalue weighted by molar-refractivity contribution is 7.09. The van der Waals surface area contributed by atoms with Gasteiger partial charge in [-0.15, -0.1) is 0 Å².